The van der Waals surface area contributed by atoms with Crippen LogP contribution in [0.15, 0.2) is 29.3 Å². The number of guanidine groups is 1. The lowest BCUT2D eigenvalue weighted by atomic mass is 10.1. The van der Waals surface area contributed by atoms with E-state index in [0.29, 0.717) is 0 Å². The van der Waals surface area contributed by atoms with Gasteiger partial charge in [0.25, 0.3) is 0 Å². The fourth-order valence-corrected chi connectivity index (χ4v) is 2.05. The first-order chi connectivity index (χ1) is 8.60. The molecule has 0 fully saturated rings. The summed E-state index contributed by atoms with van der Waals surface area (Å²) < 4.78 is 0. The van der Waals surface area contributed by atoms with Gasteiger partial charge in [-0.25, -0.2) is 0 Å². The van der Waals surface area contributed by atoms with Crippen LogP contribution in [0.2, 0.25) is 5.02 Å². The minimum Gasteiger partial charge on any atom is -0.359 e. The van der Waals surface area contributed by atoms with Gasteiger partial charge < -0.3 is 15.5 Å². The van der Waals surface area contributed by atoms with E-state index in [1.165, 1.54) is 0 Å². The first-order valence-corrected chi connectivity index (χ1v) is 6.27. The number of hydrogen-bond acceptors (Lipinski definition) is 2. The summed E-state index contributed by atoms with van der Waals surface area (Å²) in [6, 6.07) is 8.11. The lowest BCUT2D eigenvalue weighted by Crippen LogP contribution is -2.40. The predicted molar refractivity (Wildman–Crippen MR) is 93.7 cm³/mol. The molecule has 1 rings (SSSR count). The molecular weight excluding hydrogens is 375 g/mol. The standard InChI is InChI=1S/C13H21ClN4.HI/c1-15-13(16-2)17-9-12(18(3)4)10-7-5-6-8-11(10)14;/h5-8,12H,9H2,1-4H3,(H2,15,16,17);1H. The molecule has 0 radical (unpaired) electrons. The van der Waals surface area contributed by atoms with Crippen LogP contribution in [0.5, 0.6) is 0 Å². The molecule has 19 heavy (non-hydrogen) atoms. The number of hydrogen-bond donors (Lipinski definition) is 2. The SMILES string of the molecule is CN=C(NC)NCC(c1ccccc1Cl)N(C)C.I. The number of benzene rings is 1. The van der Waals surface area contributed by atoms with Gasteiger partial charge in [0.15, 0.2) is 5.96 Å². The average molecular weight is 397 g/mol. The maximum atomic E-state index is 6.25. The van der Waals surface area contributed by atoms with Crippen molar-refractivity contribution in [3.8, 4) is 0 Å². The Balaban J connectivity index is 0.00000324. The van der Waals surface area contributed by atoms with Gasteiger partial charge in [0.05, 0.1) is 6.04 Å². The van der Waals surface area contributed by atoms with Gasteiger partial charge in [0, 0.05) is 25.7 Å². The number of likely N-dealkylation sites (N-methyl/N-ethyl adjacent to an activating group) is 1. The third kappa shape index (κ3) is 5.54. The molecule has 0 aliphatic heterocycles. The summed E-state index contributed by atoms with van der Waals surface area (Å²) in [5.74, 6) is 0.772. The predicted octanol–water partition coefficient (Wildman–Crippen LogP) is 2.36. The molecular formula is C13H22ClIN4. The van der Waals surface area contributed by atoms with Crippen molar-refractivity contribution in [2.24, 2.45) is 4.99 Å². The second-order valence-electron chi connectivity index (χ2n) is 4.20. The minimum absolute atomic E-state index is 0. The van der Waals surface area contributed by atoms with Crippen LogP contribution in [0.4, 0.5) is 0 Å². The molecule has 108 valence electrons. The summed E-state index contributed by atoms with van der Waals surface area (Å²) in [5, 5.41) is 7.05. The molecule has 2 N–H and O–H groups in total. The quantitative estimate of drug-likeness (QED) is 0.466. The van der Waals surface area contributed by atoms with Gasteiger partial charge in [-0.3, -0.25) is 4.99 Å². The van der Waals surface area contributed by atoms with Crippen LogP contribution in [0, 0.1) is 0 Å². The maximum absolute atomic E-state index is 6.25. The second-order valence-corrected chi connectivity index (χ2v) is 4.61. The molecule has 1 aromatic rings. The van der Waals surface area contributed by atoms with E-state index in [9.17, 15) is 0 Å². The molecule has 0 spiro atoms. The third-order valence-corrected chi connectivity index (χ3v) is 3.16. The molecule has 0 aliphatic carbocycles. The first-order valence-electron chi connectivity index (χ1n) is 5.89. The summed E-state index contributed by atoms with van der Waals surface area (Å²) in [6.45, 7) is 0.740. The molecule has 6 heteroatoms. The van der Waals surface area contributed by atoms with E-state index in [-0.39, 0.29) is 30.0 Å². The van der Waals surface area contributed by atoms with Crippen molar-refractivity contribution in [1.82, 2.24) is 15.5 Å². The highest BCUT2D eigenvalue weighted by Gasteiger charge is 2.16. The van der Waals surface area contributed by atoms with E-state index in [1.54, 1.807) is 7.05 Å². The summed E-state index contributed by atoms with van der Waals surface area (Å²) in [5.41, 5.74) is 1.11. The Bertz CT molecular complexity index is 409. The van der Waals surface area contributed by atoms with E-state index in [1.807, 2.05) is 39.3 Å². The number of rotatable bonds is 4. The van der Waals surface area contributed by atoms with Crippen LogP contribution < -0.4 is 10.6 Å². The highest BCUT2D eigenvalue weighted by atomic mass is 127. The molecule has 0 amide bonds. The van der Waals surface area contributed by atoms with Crippen molar-refractivity contribution >= 4 is 41.5 Å². The molecule has 1 aromatic carbocycles. The van der Waals surface area contributed by atoms with Crippen molar-refractivity contribution in [3.63, 3.8) is 0 Å². The van der Waals surface area contributed by atoms with Crippen LogP contribution in [0.1, 0.15) is 11.6 Å². The Kier molecular flexibility index (Phi) is 9.12. The number of nitrogens with zero attached hydrogens (tertiary/aromatic N) is 2. The topological polar surface area (TPSA) is 39.7 Å². The van der Waals surface area contributed by atoms with Crippen molar-refractivity contribution in [2.75, 3.05) is 34.7 Å². The zero-order valence-corrected chi connectivity index (χ0v) is 14.9. The van der Waals surface area contributed by atoms with Crippen LogP contribution >= 0.6 is 35.6 Å². The van der Waals surface area contributed by atoms with Gasteiger partial charge in [0.2, 0.25) is 0 Å². The summed E-state index contributed by atoms with van der Waals surface area (Å²) >= 11 is 6.25. The smallest absolute Gasteiger partial charge is 0.190 e. The molecule has 1 atom stereocenters. The summed E-state index contributed by atoms with van der Waals surface area (Å²) in [6.07, 6.45) is 0. The lowest BCUT2D eigenvalue weighted by Gasteiger charge is -2.26. The highest BCUT2D eigenvalue weighted by Crippen LogP contribution is 2.25. The number of nitrogens with one attached hydrogen (secondary N) is 2. The molecule has 0 bridgehead atoms. The van der Waals surface area contributed by atoms with E-state index >= 15 is 0 Å². The molecule has 4 nitrogen and oxygen atoms in total. The van der Waals surface area contributed by atoms with E-state index in [2.05, 4.69) is 26.6 Å². The van der Waals surface area contributed by atoms with Crippen molar-refractivity contribution in [2.45, 2.75) is 6.04 Å². The highest BCUT2D eigenvalue weighted by molar-refractivity contribution is 14.0. The Morgan fingerprint density at radius 2 is 2.00 bits per heavy atom. The Hall–Kier alpha value is -0.530. The summed E-state index contributed by atoms with van der Waals surface area (Å²) in [7, 11) is 7.67. The van der Waals surface area contributed by atoms with Gasteiger partial charge in [-0.15, -0.1) is 24.0 Å². The molecule has 1 unspecified atom stereocenters. The monoisotopic (exact) mass is 396 g/mol. The Labute approximate surface area is 137 Å². The largest absolute Gasteiger partial charge is 0.359 e. The number of halogens is 2. The Morgan fingerprint density at radius 3 is 2.47 bits per heavy atom. The van der Waals surface area contributed by atoms with Gasteiger partial charge in [0.1, 0.15) is 0 Å². The molecule has 0 heterocycles. The van der Waals surface area contributed by atoms with Crippen LogP contribution in [-0.2, 0) is 0 Å². The van der Waals surface area contributed by atoms with Crippen molar-refractivity contribution < 1.29 is 0 Å². The van der Waals surface area contributed by atoms with E-state index < -0.39 is 0 Å². The zero-order chi connectivity index (χ0) is 13.5. The first kappa shape index (κ1) is 18.5. The molecule has 0 saturated heterocycles. The fourth-order valence-electron chi connectivity index (χ4n) is 1.79. The van der Waals surface area contributed by atoms with Gasteiger partial charge in [-0.2, -0.15) is 0 Å². The number of aliphatic imine (C=N–C) groups is 1. The van der Waals surface area contributed by atoms with E-state index in [0.717, 1.165) is 23.1 Å². The normalized spacial score (nSPS) is 12.8. The van der Waals surface area contributed by atoms with Crippen molar-refractivity contribution in [1.29, 1.82) is 0 Å². The fraction of sp³-hybridized carbons (Fsp3) is 0.462. The zero-order valence-electron chi connectivity index (χ0n) is 11.8. The van der Waals surface area contributed by atoms with Crippen LogP contribution in [-0.4, -0.2) is 45.6 Å². The molecule has 0 saturated carbocycles. The third-order valence-electron chi connectivity index (χ3n) is 2.81. The molecule has 0 aromatic heterocycles. The maximum Gasteiger partial charge on any atom is 0.190 e. The van der Waals surface area contributed by atoms with Gasteiger partial charge in [-0.05, 0) is 25.7 Å². The minimum atomic E-state index is 0. The van der Waals surface area contributed by atoms with Crippen molar-refractivity contribution in [3.05, 3.63) is 34.9 Å². The second kappa shape index (κ2) is 9.39. The van der Waals surface area contributed by atoms with Crippen LogP contribution in [0.25, 0.3) is 0 Å². The average Bonchev–Trinajstić information content (AvgIpc) is 2.36. The van der Waals surface area contributed by atoms with Gasteiger partial charge >= 0.3 is 0 Å². The van der Waals surface area contributed by atoms with Gasteiger partial charge in [-0.1, -0.05) is 29.8 Å². The molecule has 0 aliphatic rings. The lowest BCUT2D eigenvalue weighted by molar-refractivity contribution is 0.298. The Morgan fingerprint density at radius 1 is 1.37 bits per heavy atom. The summed E-state index contributed by atoms with van der Waals surface area (Å²) in [4.78, 5) is 6.23. The van der Waals surface area contributed by atoms with Crippen LogP contribution in [0.3, 0.4) is 0 Å². The van der Waals surface area contributed by atoms with E-state index in [4.69, 9.17) is 11.6 Å².